The van der Waals surface area contributed by atoms with Gasteiger partial charge in [-0.3, -0.25) is 30.6 Å². The van der Waals surface area contributed by atoms with Crippen LogP contribution in [0.5, 0.6) is 0 Å². The molecule has 0 bridgehead atoms. The Kier molecular flexibility index (Phi) is 12.4. The zero-order chi connectivity index (χ0) is 35.5. The second kappa shape index (κ2) is 16.0. The lowest BCUT2D eigenvalue weighted by atomic mass is 9.95. The molecule has 256 valence electrons. The van der Waals surface area contributed by atoms with Crippen molar-refractivity contribution < 1.29 is 45.6 Å². The number of carbonyl (C=O) groups excluding carboxylic acids is 2. The van der Waals surface area contributed by atoms with E-state index in [1.165, 1.54) is 30.3 Å². The number of nitro groups is 1. The summed E-state index contributed by atoms with van der Waals surface area (Å²) in [5.41, 5.74) is -3.58. The van der Waals surface area contributed by atoms with E-state index >= 15 is 0 Å². The number of anilines is 1. The molecule has 2 atom stereocenters. The number of halogens is 6. The second-order valence-corrected chi connectivity index (χ2v) is 10.4. The van der Waals surface area contributed by atoms with Crippen LogP contribution in [-0.2, 0) is 28.7 Å². The van der Waals surface area contributed by atoms with E-state index in [9.17, 15) is 46.0 Å². The van der Waals surface area contributed by atoms with Crippen LogP contribution in [0.15, 0.2) is 92.0 Å². The number of rotatable bonds is 15. The fourth-order valence-electron chi connectivity index (χ4n) is 4.58. The summed E-state index contributed by atoms with van der Waals surface area (Å²) in [6.07, 6.45) is -9.04. The third-order valence-corrected chi connectivity index (χ3v) is 6.98. The summed E-state index contributed by atoms with van der Waals surface area (Å²) in [7, 11) is 0. The van der Waals surface area contributed by atoms with E-state index in [-0.39, 0.29) is 30.9 Å². The zero-order valence-corrected chi connectivity index (χ0v) is 25.2. The largest absolute Gasteiger partial charge is 0.426 e. The molecule has 1 unspecified atom stereocenters. The van der Waals surface area contributed by atoms with Crippen molar-refractivity contribution in [2.75, 3.05) is 5.32 Å². The molecule has 0 saturated carbocycles. The van der Waals surface area contributed by atoms with Gasteiger partial charge in [-0.15, -0.1) is 13.2 Å². The molecule has 3 aromatic rings. The van der Waals surface area contributed by atoms with E-state index < -0.39 is 76.5 Å². The molecule has 0 aliphatic rings. The first-order valence-electron chi connectivity index (χ1n) is 14.3. The number of allylic oxidation sites excluding steroid dienone is 1. The van der Waals surface area contributed by atoms with Gasteiger partial charge in [0.25, 0.3) is 11.8 Å². The summed E-state index contributed by atoms with van der Waals surface area (Å²) in [6, 6.07) is 15.5. The molecule has 1 heterocycles. The van der Waals surface area contributed by atoms with Crippen LogP contribution in [0.2, 0.25) is 0 Å². The van der Waals surface area contributed by atoms with E-state index in [0.29, 0.717) is 5.56 Å². The lowest BCUT2D eigenvalue weighted by molar-refractivity contribution is -0.385. The van der Waals surface area contributed by atoms with E-state index in [4.69, 9.17) is 4.74 Å². The Balaban J connectivity index is 1.98. The fourth-order valence-corrected chi connectivity index (χ4v) is 4.58. The van der Waals surface area contributed by atoms with Crippen molar-refractivity contribution in [1.29, 1.82) is 0 Å². The van der Waals surface area contributed by atoms with Gasteiger partial charge in [-0.2, -0.15) is 26.3 Å². The van der Waals surface area contributed by atoms with Crippen LogP contribution in [-0.4, -0.2) is 39.5 Å². The van der Waals surface area contributed by atoms with E-state index in [0.717, 1.165) is 6.08 Å². The van der Waals surface area contributed by atoms with E-state index in [2.05, 4.69) is 23.5 Å². The van der Waals surface area contributed by atoms with Gasteiger partial charge in [-0.05, 0) is 36.8 Å². The smallest absolute Gasteiger partial charge is 0.366 e. The number of alkyl halides is 6. The number of nitrogens with one attached hydrogen (secondary N) is 3. The highest BCUT2D eigenvalue weighted by Gasteiger charge is 2.61. The summed E-state index contributed by atoms with van der Waals surface area (Å²) < 4.78 is 90.7. The Morgan fingerprint density at radius 2 is 1.54 bits per heavy atom. The Labute approximate surface area is 271 Å². The van der Waals surface area contributed by atoms with Gasteiger partial charge >= 0.3 is 18.0 Å². The molecule has 0 saturated heterocycles. The molecule has 0 radical (unpaired) electrons. The SMILES string of the molecule is C=CCC[C@@](OCc1ccccc1)(C(=O)NNC(=O)c1nc(NC(CC=C)Cc2ccccc2)c(C(F)(F)F)cc1[N+](=O)[O-])C(F)(F)F. The average Bonchev–Trinajstić information content (AvgIpc) is 3.03. The molecule has 2 amide bonds. The van der Waals surface area contributed by atoms with Crippen LogP contribution in [0.4, 0.5) is 37.8 Å². The highest BCUT2D eigenvalue weighted by molar-refractivity contribution is 5.98. The number of benzene rings is 2. The Morgan fingerprint density at radius 1 is 0.938 bits per heavy atom. The highest BCUT2D eigenvalue weighted by atomic mass is 19.4. The van der Waals surface area contributed by atoms with Gasteiger partial charge in [0.15, 0.2) is 0 Å². The number of pyridine rings is 1. The summed E-state index contributed by atoms with van der Waals surface area (Å²) >= 11 is 0. The molecule has 2 aromatic carbocycles. The van der Waals surface area contributed by atoms with Crippen molar-refractivity contribution in [3.63, 3.8) is 0 Å². The minimum absolute atomic E-state index is 0.0760. The first kappa shape index (κ1) is 37.2. The van der Waals surface area contributed by atoms with Gasteiger partial charge in [0.05, 0.1) is 11.5 Å². The number of carbonyl (C=O) groups is 2. The van der Waals surface area contributed by atoms with Gasteiger partial charge in [0.2, 0.25) is 11.3 Å². The minimum atomic E-state index is -5.34. The van der Waals surface area contributed by atoms with Crippen molar-refractivity contribution in [2.45, 2.75) is 56.3 Å². The fraction of sp³-hybridized carbons (Fsp3) is 0.281. The first-order valence-corrected chi connectivity index (χ1v) is 14.3. The van der Waals surface area contributed by atoms with Gasteiger partial charge in [-0.1, -0.05) is 72.8 Å². The topological polar surface area (TPSA) is 135 Å². The number of hydrogen-bond donors (Lipinski definition) is 3. The van der Waals surface area contributed by atoms with Crippen LogP contribution >= 0.6 is 0 Å². The minimum Gasteiger partial charge on any atom is -0.366 e. The molecule has 0 fully saturated rings. The van der Waals surface area contributed by atoms with Crippen LogP contribution in [0.1, 0.15) is 46.4 Å². The number of aromatic nitrogens is 1. The standard InChI is InChI=1S/C32H31F6N5O5/c1-3-5-17-30(32(36,37)38,48-20-22-15-10-7-11-16-22)29(45)42-41-28(44)26-25(43(46)47)19-24(31(33,34)35)27(40-26)39-23(12-4-2)18-21-13-8-6-9-14-21/h3-4,6-11,13-16,19,23H,1-2,5,12,17-18,20H2,(H,39,40)(H,41,44)(H,42,45)/t23?,30-/m1/s1. The number of hydrazine groups is 1. The van der Waals surface area contributed by atoms with Crippen molar-refractivity contribution in [3.8, 4) is 0 Å². The van der Waals surface area contributed by atoms with Gasteiger partial charge in [0.1, 0.15) is 11.4 Å². The normalized spacial score (nSPS) is 13.5. The van der Waals surface area contributed by atoms with Gasteiger partial charge in [0, 0.05) is 12.1 Å². The molecule has 1 aromatic heterocycles. The molecule has 3 rings (SSSR count). The zero-order valence-electron chi connectivity index (χ0n) is 25.2. The van der Waals surface area contributed by atoms with Crippen LogP contribution in [0.3, 0.4) is 0 Å². The van der Waals surface area contributed by atoms with Crippen molar-refractivity contribution in [2.24, 2.45) is 0 Å². The molecule has 0 aliphatic heterocycles. The molecule has 0 spiro atoms. The number of hydrogen-bond acceptors (Lipinski definition) is 7. The third-order valence-electron chi connectivity index (χ3n) is 6.98. The molecule has 48 heavy (non-hydrogen) atoms. The third kappa shape index (κ3) is 9.40. The predicted molar refractivity (Wildman–Crippen MR) is 163 cm³/mol. The van der Waals surface area contributed by atoms with Crippen molar-refractivity contribution >= 4 is 23.3 Å². The summed E-state index contributed by atoms with van der Waals surface area (Å²) in [5.74, 6) is -4.53. The summed E-state index contributed by atoms with van der Waals surface area (Å²) in [5, 5.41) is 14.3. The maximum Gasteiger partial charge on any atom is 0.426 e. The molecular formula is C32H31F6N5O5. The Morgan fingerprint density at radius 3 is 2.06 bits per heavy atom. The van der Waals surface area contributed by atoms with Crippen LogP contribution in [0.25, 0.3) is 0 Å². The Hall–Kier alpha value is -5.25. The summed E-state index contributed by atoms with van der Waals surface area (Å²) in [6.45, 7) is 6.28. The number of amides is 2. The molecular weight excluding hydrogens is 648 g/mol. The first-order chi connectivity index (χ1) is 22.6. The van der Waals surface area contributed by atoms with Crippen LogP contribution < -0.4 is 16.2 Å². The van der Waals surface area contributed by atoms with Crippen LogP contribution in [0, 0.1) is 10.1 Å². The summed E-state index contributed by atoms with van der Waals surface area (Å²) in [4.78, 5) is 40.3. The van der Waals surface area contributed by atoms with Gasteiger partial charge in [-0.25, -0.2) is 4.98 Å². The van der Waals surface area contributed by atoms with E-state index in [1.54, 1.807) is 47.2 Å². The monoisotopic (exact) mass is 679 g/mol. The second-order valence-electron chi connectivity index (χ2n) is 10.4. The van der Waals surface area contributed by atoms with E-state index in [1.807, 2.05) is 0 Å². The molecule has 0 aliphatic carbocycles. The van der Waals surface area contributed by atoms with Crippen molar-refractivity contribution in [3.05, 3.63) is 125 Å². The predicted octanol–water partition coefficient (Wildman–Crippen LogP) is 6.85. The number of ether oxygens (including phenoxy) is 1. The molecule has 16 heteroatoms. The Bertz CT molecular complexity index is 1600. The lowest BCUT2D eigenvalue weighted by Crippen LogP contribution is -2.61. The number of nitrogens with zero attached hydrogens (tertiary/aromatic N) is 2. The average molecular weight is 680 g/mol. The maximum absolute atomic E-state index is 14.5. The molecule has 10 nitrogen and oxygen atoms in total. The van der Waals surface area contributed by atoms with Gasteiger partial charge < -0.3 is 10.1 Å². The lowest BCUT2D eigenvalue weighted by Gasteiger charge is -2.34. The maximum atomic E-state index is 14.5. The highest BCUT2D eigenvalue weighted by Crippen LogP contribution is 2.40. The van der Waals surface area contributed by atoms with Crippen molar-refractivity contribution in [1.82, 2.24) is 15.8 Å². The molecule has 3 N–H and O–H groups in total. The quantitative estimate of drug-likeness (QED) is 0.0692.